The Morgan fingerprint density at radius 3 is 2.65 bits per heavy atom. The summed E-state index contributed by atoms with van der Waals surface area (Å²) in [6.07, 6.45) is 0.644. The number of anilines is 1. The van der Waals surface area contributed by atoms with Crippen LogP contribution in [-0.4, -0.2) is 41.7 Å². The minimum absolute atomic E-state index is 0.0518. The van der Waals surface area contributed by atoms with E-state index in [1.165, 1.54) is 18.2 Å². The monoisotopic (exact) mass is 286 g/mol. The molecule has 1 aliphatic rings. The van der Waals surface area contributed by atoms with Crippen molar-refractivity contribution >= 4 is 11.6 Å². The van der Waals surface area contributed by atoms with Gasteiger partial charge in [0.15, 0.2) is 0 Å². The first-order valence-electron chi connectivity index (χ1n) is 6.29. The Bertz CT molecular complexity index is 489. The molecular weight excluding hydrogens is 270 g/mol. The summed E-state index contributed by atoms with van der Waals surface area (Å²) < 4.78 is 28.7. The standard InChI is InChI=1S/C13H16F2N2O3/c14-13(15)20-11-7-8(1-2-10(11)16)12(19)17-5-3-9(18)4-6-17/h1-2,7,9,13,18H,3-6,16H2. The maximum absolute atomic E-state index is 12.2. The lowest BCUT2D eigenvalue weighted by atomic mass is 10.1. The smallest absolute Gasteiger partial charge is 0.387 e. The van der Waals surface area contributed by atoms with Crippen molar-refractivity contribution in [1.82, 2.24) is 4.90 Å². The average Bonchev–Trinajstić information content (AvgIpc) is 2.41. The molecular formula is C13H16F2N2O3. The summed E-state index contributed by atoms with van der Waals surface area (Å²) in [5.41, 5.74) is 5.81. The van der Waals surface area contributed by atoms with Crippen LogP contribution in [0.1, 0.15) is 23.2 Å². The second kappa shape index (κ2) is 6.04. The Hall–Kier alpha value is -1.89. The van der Waals surface area contributed by atoms with Gasteiger partial charge in [0.05, 0.1) is 11.8 Å². The van der Waals surface area contributed by atoms with Gasteiger partial charge in [-0.05, 0) is 31.0 Å². The lowest BCUT2D eigenvalue weighted by Gasteiger charge is -2.29. The summed E-state index contributed by atoms with van der Waals surface area (Å²) in [5, 5.41) is 9.40. The number of carbonyl (C=O) groups excluding carboxylic acids is 1. The van der Waals surface area contributed by atoms with Crippen molar-refractivity contribution in [3.05, 3.63) is 23.8 Å². The SMILES string of the molecule is Nc1ccc(C(=O)N2CCC(O)CC2)cc1OC(F)F. The van der Waals surface area contributed by atoms with Crippen LogP contribution in [-0.2, 0) is 0 Å². The van der Waals surface area contributed by atoms with E-state index in [9.17, 15) is 18.7 Å². The fourth-order valence-corrected chi connectivity index (χ4v) is 2.12. The number of ether oxygens (including phenoxy) is 1. The fourth-order valence-electron chi connectivity index (χ4n) is 2.12. The van der Waals surface area contributed by atoms with Crippen molar-refractivity contribution in [2.75, 3.05) is 18.8 Å². The minimum atomic E-state index is -2.99. The van der Waals surface area contributed by atoms with E-state index in [1.54, 1.807) is 4.90 Å². The molecule has 0 radical (unpaired) electrons. The van der Waals surface area contributed by atoms with Crippen molar-refractivity contribution in [1.29, 1.82) is 0 Å². The molecule has 1 aromatic rings. The van der Waals surface area contributed by atoms with E-state index in [-0.39, 0.29) is 29.0 Å². The number of aliphatic hydroxyl groups is 1. The van der Waals surface area contributed by atoms with Crippen LogP contribution in [0.3, 0.4) is 0 Å². The summed E-state index contributed by atoms with van der Waals surface area (Å²) >= 11 is 0. The summed E-state index contributed by atoms with van der Waals surface area (Å²) in [7, 11) is 0. The number of hydrogen-bond acceptors (Lipinski definition) is 4. The number of benzene rings is 1. The van der Waals surface area contributed by atoms with Gasteiger partial charge in [0.1, 0.15) is 5.75 Å². The van der Waals surface area contributed by atoms with Gasteiger partial charge in [0.2, 0.25) is 0 Å². The van der Waals surface area contributed by atoms with Crippen LogP contribution >= 0.6 is 0 Å². The topological polar surface area (TPSA) is 75.8 Å². The van der Waals surface area contributed by atoms with E-state index in [0.29, 0.717) is 25.9 Å². The van der Waals surface area contributed by atoms with Gasteiger partial charge >= 0.3 is 6.61 Å². The molecule has 0 aromatic heterocycles. The first-order chi connectivity index (χ1) is 9.47. The van der Waals surface area contributed by atoms with Crippen LogP contribution in [0, 0.1) is 0 Å². The van der Waals surface area contributed by atoms with E-state index in [1.807, 2.05) is 0 Å². The number of halogens is 2. The van der Waals surface area contributed by atoms with Gasteiger partial charge in [0, 0.05) is 18.7 Å². The average molecular weight is 286 g/mol. The van der Waals surface area contributed by atoms with Gasteiger partial charge in [-0.15, -0.1) is 0 Å². The van der Waals surface area contributed by atoms with Gasteiger partial charge in [-0.25, -0.2) is 0 Å². The number of hydrogen-bond donors (Lipinski definition) is 2. The molecule has 110 valence electrons. The van der Waals surface area contributed by atoms with Crippen LogP contribution in [0.4, 0.5) is 14.5 Å². The second-order valence-electron chi connectivity index (χ2n) is 4.65. The number of nitrogens with zero attached hydrogens (tertiary/aromatic N) is 1. The molecule has 5 nitrogen and oxygen atoms in total. The summed E-state index contributed by atoms with van der Waals surface area (Å²) in [6, 6.07) is 4.06. The van der Waals surface area contributed by atoms with Crippen LogP contribution in [0.5, 0.6) is 5.75 Å². The maximum atomic E-state index is 12.2. The quantitative estimate of drug-likeness (QED) is 0.825. The molecule has 0 aliphatic carbocycles. The zero-order valence-electron chi connectivity index (χ0n) is 10.8. The van der Waals surface area contributed by atoms with E-state index in [4.69, 9.17) is 5.73 Å². The van der Waals surface area contributed by atoms with Gasteiger partial charge in [-0.1, -0.05) is 0 Å². The third-order valence-corrected chi connectivity index (χ3v) is 3.23. The normalized spacial score (nSPS) is 16.5. The highest BCUT2D eigenvalue weighted by Crippen LogP contribution is 2.25. The number of amides is 1. The van der Waals surface area contributed by atoms with Gasteiger partial charge in [-0.2, -0.15) is 8.78 Å². The molecule has 0 atom stereocenters. The molecule has 1 fully saturated rings. The Morgan fingerprint density at radius 2 is 2.05 bits per heavy atom. The molecule has 0 saturated carbocycles. The molecule has 7 heteroatoms. The molecule has 1 heterocycles. The number of alkyl halides is 2. The van der Waals surface area contributed by atoms with Gasteiger partial charge < -0.3 is 20.5 Å². The van der Waals surface area contributed by atoms with Crippen molar-refractivity contribution in [3.63, 3.8) is 0 Å². The van der Waals surface area contributed by atoms with E-state index >= 15 is 0 Å². The van der Waals surface area contributed by atoms with Crippen LogP contribution in [0.25, 0.3) is 0 Å². The van der Waals surface area contributed by atoms with E-state index in [0.717, 1.165) is 0 Å². The lowest BCUT2D eigenvalue weighted by Crippen LogP contribution is -2.40. The van der Waals surface area contributed by atoms with E-state index < -0.39 is 6.61 Å². The zero-order valence-corrected chi connectivity index (χ0v) is 10.8. The highest BCUT2D eigenvalue weighted by molar-refractivity contribution is 5.95. The predicted molar refractivity (Wildman–Crippen MR) is 68.6 cm³/mol. The number of nitrogens with two attached hydrogens (primary N) is 1. The van der Waals surface area contributed by atoms with E-state index in [2.05, 4.69) is 4.74 Å². The van der Waals surface area contributed by atoms with Crippen molar-refractivity contribution in [2.45, 2.75) is 25.6 Å². The Morgan fingerprint density at radius 1 is 1.40 bits per heavy atom. The van der Waals surface area contributed by atoms with Crippen LogP contribution < -0.4 is 10.5 Å². The number of nitrogen functional groups attached to an aromatic ring is 1. The second-order valence-corrected chi connectivity index (χ2v) is 4.65. The molecule has 20 heavy (non-hydrogen) atoms. The molecule has 1 aromatic carbocycles. The van der Waals surface area contributed by atoms with Crippen molar-refractivity contribution in [2.24, 2.45) is 0 Å². The number of piperidine rings is 1. The number of carbonyl (C=O) groups is 1. The zero-order chi connectivity index (χ0) is 14.7. The molecule has 0 bridgehead atoms. The molecule has 1 amide bonds. The largest absolute Gasteiger partial charge is 0.433 e. The third-order valence-electron chi connectivity index (χ3n) is 3.23. The predicted octanol–water partition coefficient (Wildman–Crippen LogP) is 1.47. The number of aliphatic hydroxyl groups excluding tert-OH is 1. The number of rotatable bonds is 3. The highest BCUT2D eigenvalue weighted by Gasteiger charge is 2.23. The summed E-state index contributed by atoms with van der Waals surface area (Å²) in [6.45, 7) is -2.11. The Balaban J connectivity index is 2.13. The summed E-state index contributed by atoms with van der Waals surface area (Å²) in [5.74, 6) is -0.487. The van der Waals surface area contributed by atoms with Crippen molar-refractivity contribution < 1.29 is 23.4 Å². The number of likely N-dealkylation sites (tertiary alicyclic amines) is 1. The Labute approximate surface area is 114 Å². The fraction of sp³-hybridized carbons (Fsp3) is 0.462. The van der Waals surface area contributed by atoms with Crippen molar-refractivity contribution in [3.8, 4) is 5.75 Å². The lowest BCUT2D eigenvalue weighted by molar-refractivity contribution is -0.0494. The van der Waals surface area contributed by atoms with Crippen LogP contribution in [0.15, 0.2) is 18.2 Å². The van der Waals surface area contributed by atoms with Gasteiger partial charge in [0.25, 0.3) is 5.91 Å². The molecule has 0 unspecified atom stereocenters. The molecule has 3 N–H and O–H groups in total. The first-order valence-corrected chi connectivity index (χ1v) is 6.29. The Kier molecular flexibility index (Phi) is 4.39. The summed E-state index contributed by atoms with van der Waals surface area (Å²) in [4.78, 5) is 13.8. The first kappa shape index (κ1) is 14.5. The molecule has 2 rings (SSSR count). The maximum Gasteiger partial charge on any atom is 0.387 e. The molecule has 0 spiro atoms. The molecule has 1 saturated heterocycles. The molecule has 1 aliphatic heterocycles. The third kappa shape index (κ3) is 3.36. The van der Waals surface area contributed by atoms with Crippen LogP contribution in [0.2, 0.25) is 0 Å². The highest BCUT2D eigenvalue weighted by atomic mass is 19.3. The minimum Gasteiger partial charge on any atom is -0.433 e. The van der Waals surface area contributed by atoms with Gasteiger partial charge in [-0.3, -0.25) is 4.79 Å².